The molecule has 2 aromatic heterocycles. The van der Waals surface area contributed by atoms with E-state index in [1.807, 2.05) is 60.8 Å². The van der Waals surface area contributed by atoms with Crippen molar-refractivity contribution in [3.05, 3.63) is 103 Å². The molecule has 0 saturated carbocycles. The predicted octanol–water partition coefficient (Wildman–Crippen LogP) is 6.58. The molecule has 0 bridgehead atoms. The minimum atomic E-state index is -0.0752. The topological polar surface area (TPSA) is 57.4 Å². The SMILES string of the molecule is CC(C)(C)c1ccnc(-c2ccc3c(c2)B2c4cc(-c5nc6ccccc6o5)ccc4Oc4cccc(c42)O3)c1. The number of para-hydroxylation sites is 2. The van der Waals surface area contributed by atoms with E-state index in [9.17, 15) is 0 Å². The second kappa shape index (κ2) is 8.33. The Kier molecular flexibility index (Phi) is 4.81. The van der Waals surface area contributed by atoms with Gasteiger partial charge in [-0.1, -0.05) is 51.1 Å². The van der Waals surface area contributed by atoms with E-state index >= 15 is 0 Å². The van der Waals surface area contributed by atoms with E-state index in [0.717, 1.165) is 67.3 Å². The van der Waals surface area contributed by atoms with Crippen molar-refractivity contribution in [3.8, 4) is 45.7 Å². The van der Waals surface area contributed by atoms with Gasteiger partial charge in [-0.25, -0.2) is 4.98 Å². The first-order valence-corrected chi connectivity index (χ1v) is 13.5. The summed E-state index contributed by atoms with van der Waals surface area (Å²) in [7, 11) is 0. The van der Waals surface area contributed by atoms with Crippen LogP contribution in [0.15, 0.2) is 102 Å². The number of benzene rings is 4. The zero-order valence-corrected chi connectivity index (χ0v) is 22.4. The Balaban J connectivity index is 1.30. The zero-order chi connectivity index (χ0) is 27.0. The number of hydrogen-bond donors (Lipinski definition) is 0. The molecule has 0 spiro atoms. The minimum absolute atomic E-state index is 0.0313. The molecule has 6 aromatic rings. The fourth-order valence-electron chi connectivity index (χ4n) is 5.78. The molecule has 4 heterocycles. The van der Waals surface area contributed by atoms with Crippen molar-refractivity contribution < 1.29 is 13.9 Å². The third kappa shape index (κ3) is 3.56. The Morgan fingerprint density at radius 1 is 0.675 bits per heavy atom. The fourth-order valence-corrected chi connectivity index (χ4v) is 5.78. The molecule has 5 nitrogen and oxygen atoms in total. The minimum Gasteiger partial charge on any atom is -0.458 e. The molecular formula is C34H25BN2O3. The average Bonchev–Trinajstić information content (AvgIpc) is 3.41. The number of aromatic nitrogens is 2. The van der Waals surface area contributed by atoms with Crippen LogP contribution in [-0.4, -0.2) is 16.7 Å². The summed E-state index contributed by atoms with van der Waals surface area (Å²) in [5, 5.41) is 0. The third-order valence-electron chi connectivity index (χ3n) is 7.86. The molecule has 0 atom stereocenters. The Hall–Kier alpha value is -4.84. The first-order valence-electron chi connectivity index (χ1n) is 13.5. The van der Waals surface area contributed by atoms with Crippen LogP contribution in [0.5, 0.6) is 23.0 Å². The Morgan fingerprint density at radius 2 is 1.38 bits per heavy atom. The van der Waals surface area contributed by atoms with E-state index in [0.29, 0.717) is 5.89 Å². The molecule has 2 aliphatic heterocycles. The number of nitrogens with zero attached hydrogens (tertiary/aromatic N) is 2. The van der Waals surface area contributed by atoms with Gasteiger partial charge >= 0.3 is 0 Å². The third-order valence-corrected chi connectivity index (χ3v) is 7.86. The number of rotatable bonds is 2. The van der Waals surface area contributed by atoms with E-state index in [2.05, 4.69) is 57.2 Å². The predicted molar refractivity (Wildman–Crippen MR) is 159 cm³/mol. The van der Waals surface area contributed by atoms with Crippen molar-refractivity contribution in [2.24, 2.45) is 0 Å². The van der Waals surface area contributed by atoms with Crippen LogP contribution < -0.4 is 25.9 Å². The van der Waals surface area contributed by atoms with Crippen LogP contribution in [0.4, 0.5) is 0 Å². The van der Waals surface area contributed by atoms with Crippen molar-refractivity contribution in [1.29, 1.82) is 0 Å². The van der Waals surface area contributed by atoms with Crippen LogP contribution in [0.25, 0.3) is 33.8 Å². The largest absolute Gasteiger partial charge is 0.458 e. The lowest BCUT2D eigenvalue weighted by Gasteiger charge is -2.33. The summed E-state index contributed by atoms with van der Waals surface area (Å²) in [6, 6.07) is 30.7. The Morgan fingerprint density at radius 3 is 2.10 bits per heavy atom. The maximum absolute atomic E-state index is 6.43. The quantitative estimate of drug-likeness (QED) is 0.241. The molecule has 0 saturated heterocycles. The van der Waals surface area contributed by atoms with Gasteiger partial charge in [-0.05, 0) is 88.1 Å². The number of ether oxygens (including phenoxy) is 2. The molecule has 192 valence electrons. The van der Waals surface area contributed by atoms with Gasteiger partial charge in [0.25, 0.3) is 6.71 Å². The van der Waals surface area contributed by atoms with Gasteiger partial charge in [-0.2, -0.15) is 0 Å². The van der Waals surface area contributed by atoms with Crippen LogP contribution in [0.2, 0.25) is 0 Å². The Labute approximate surface area is 232 Å². The van der Waals surface area contributed by atoms with E-state index in [1.165, 1.54) is 5.56 Å². The van der Waals surface area contributed by atoms with Gasteiger partial charge in [0.05, 0.1) is 5.69 Å². The molecule has 0 amide bonds. The van der Waals surface area contributed by atoms with Gasteiger partial charge < -0.3 is 13.9 Å². The zero-order valence-electron chi connectivity index (χ0n) is 22.4. The molecular weight excluding hydrogens is 495 g/mol. The number of oxazole rings is 1. The van der Waals surface area contributed by atoms with Crippen molar-refractivity contribution in [3.63, 3.8) is 0 Å². The smallest absolute Gasteiger partial charge is 0.260 e. The highest BCUT2D eigenvalue weighted by Crippen LogP contribution is 2.37. The first kappa shape index (κ1) is 23.1. The molecule has 2 aliphatic rings. The lowest BCUT2D eigenvalue weighted by atomic mass is 9.34. The van der Waals surface area contributed by atoms with Crippen molar-refractivity contribution in [2.75, 3.05) is 0 Å². The van der Waals surface area contributed by atoms with Crippen LogP contribution in [0, 0.1) is 0 Å². The molecule has 4 aromatic carbocycles. The molecule has 0 unspecified atom stereocenters. The molecule has 0 radical (unpaired) electrons. The molecule has 6 heteroatoms. The van der Waals surface area contributed by atoms with Crippen LogP contribution in [-0.2, 0) is 5.41 Å². The fraction of sp³-hybridized carbons (Fsp3) is 0.118. The van der Waals surface area contributed by atoms with Gasteiger partial charge in [0.1, 0.15) is 28.5 Å². The average molecular weight is 520 g/mol. The maximum atomic E-state index is 6.43. The Bertz CT molecular complexity index is 1920. The number of hydrogen-bond acceptors (Lipinski definition) is 5. The summed E-state index contributed by atoms with van der Waals surface area (Å²) in [5.74, 6) is 3.88. The van der Waals surface area contributed by atoms with Gasteiger partial charge in [-0.3, -0.25) is 4.98 Å². The standard InChI is InChI=1S/C34H25BN2O3/c1-34(2,3)22-15-16-36-26(19-22)20-11-13-27-23(17-20)35-24-18-21(33-37-25-7-4-5-8-29(25)40-33)12-14-28(24)39-31-10-6-9-30(38-27)32(31)35/h4-19H,1-3H3. The number of pyridine rings is 1. The molecule has 0 fully saturated rings. The first-order chi connectivity index (χ1) is 19.4. The molecule has 0 aliphatic carbocycles. The number of fused-ring (bicyclic) bond motifs is 5. The monoisotopic (exact) mass is 520 g/mol. The van der Waals surface area contributed by atoms with Gasteiger partial charge in [0.2, 0.25) is 5.89 Å². The second-order valence-corrected chi connectivity index (χ2v) is 11.5. The van der Waals surface area contributed by atoms with Crippen molar-refractivity contribution in [1.82, 2.24) is 9.97 Å². The van der Waals surface area contributed by atoms with E-state index in [-0.39, 0.29) is 12.1 Å². The van der Waals surface area contributed by atoms with Gasteiger partial charge in [0.15, 0.2) is 5.58 Å². The summed E-state index contributed by atoms with van der Waals surface area (Å²) >= 11 is 0. The highest BCUT2D eigenvalue weighted by molar-refractivity contribution is 6.98. The second-order valence-electron chi connectivity index (χ2n) is 11.5. The maximum Gasteiger partial charge on any atom is 0.260 e. The van der Waals surface area contributed by atoms with Crippen molar-refractivity contribution in [2.45, 2.75) is 26.2 Å². The van der Waals surface area contributed by atoms with Gasteiger partial charge in [-0.15, -0.1) is 0 Å². The van der Waals surface area contributed by atoms with Crippen LogP contribution in [0.3, 0.4) is 0 Å². The molecule has 8 rings (SSSR count). The summed E-state index contributed by atoms with van der Waals surface area (Å²) in [5.41, 5.74) is 8.96. The van der Waals surface area contributed by atoms with Crippen LogP contribution in [0.1, 0.15) is 26.3 Å². The summed E-state index contributed by atoms with van der Waals surface area (Å²) in [6.45, 7) is 6.59. The van der Waals surface area contributed by atoms with Crippen LogP contribution >= 0.6 is 0 Å². The lowest BCUT2D eigenvalue weighted by Crippen LogP contribution is -2.57. The summed E-state index contributed by atoms with van der Waals surface area (Å²) < 4.78 is 19.0. The highest BCUT2D eigenvalue weighted by atomic mass is 16.5. The van der Waals surface area contributed by atoms with E-state index in [4.69, 9.17) is 23.9 Å². The normalized spacial score (nSPS) is 13.2. The lowest BCUT2D eigenvalue weighted by molar-refractivity contribution is 0.464. The summed E-state index contributed by atoms with van der Waals surface area (Å²) in [6.07, 6.45) is 1.90. The van der Waals surface area contributed by atoms with Gasteiger partial charge in [0, 0.05) is 17.2 Å². The van der Waals surface area contributed by atoms with E-state index < -0.39 is 0 Å². The highest BCUT2D eigenvalue weighted by Gasteiger charge is 2.40. The molecule has 40 heavy (non-hydrogen) atoms. The summed E-state index contributed by atoms with van der Waals surface area (Å²) in [4.78, 5) is 9.48. The molecule has 0 N–H and O–H groups in total. The van der Waals surface area contributed by atoms with E-state index in [1.54, 1.807) is 0 Å². The van der Waals surface area contributed by atoms with Crippen molar-refractivity contribution >= 4 is 34.2 Å².